The number of phenols is 1. The Balaban J connectivity index is 1.15. The van der Waals surface area contributed by atoms with Crippen molar-refractivity contribution in [3.05, 3.63) is 52.8 Å². The van der Waals surface area contributed by atoms with Gasteiger partial charge in [-0.3, -0.25) is 4.90 Å². The van der Waals surface area contributed by atoms with Crippen LogP contribution >= 0.6 is 0 Å². The van der Waals surface area contributed by atoms with E-state index in [-0.39, 0.29) is 22.7 Å². The normalized spacial score (nSPS) is 26.0. The third kappa shape index (κ3) is 4.92. The molecule has 3 aromatic carbocycles. The predicted octanol–water partition coefficient (Wildman–Crippen LogP) is 5.47. The molecule has 4 atom stereocenters. The molecule has 4 aliphatic heterocycles. The van der Waals surface area contributed by atoms with E-state index in [9.17, 15) is 5.11 Å². The van der Waals surface area contributed by atoms with E-state index in [0.29, 0.717) is 52.9 Å². The molecule has 0 amide bonds. The molecule has 9 heteroatoms. The van der Waals surface area contributed by atoms with Gasteiger partial charge in [0.25, 0.3) is 0 Å². The van der Waals surface area contributed by atoms with Gasteiger partial charge < -0.3 is 24.8 Å². The van der Waals surface area contributed by atoms with Crippen LogP contribution in [-0.2, 0) is 4.74 Å². The van der Waals surface area contributed by atoms with Gasteiger partial charge in [0.15, 0.2) is 5.82 Å². The van der Waals surface area contributed by atoms with Crippen LogP contribution in [-0.4, -0.2) is 83.6 Å². The first kappa shape index (κ1) is 29.2. The van der Waals surface area contributed by atoms with E-state index in [2.05, 4.69) is 21.0 Å². The number of piperazine rings is 1. The number of rotatable bonds is 7. The van der Waals surface area contributed by atoms with Crippen molar-refractivity contribution in [2.24, 2.45) is 5.41 Å². The Morgan fingerprint density at radius 2 is 1.91 bits per heavy atom. The lowest BCUT2D eigenvalue weighted by Crippen LogP contribution is -2.51. The van der Waals surface area contributed by atoms with Crippen molar-refractivity contribution in [3.8, 4) is 35.2 Å². The molecule has 4 saturated heterocycles. The minimum Gasteiger partial charge on any atom is -0.508 e. The summed E-state index contributed by atoms with van der Waals surface area (Å²) in [5.74, 6) is 3.13. The Labute approximate surface area is 274 Å². The molecule has 5 fully saturated rings. The lowest BCUT2D eigenvalue weighted by atomic mass is 9.89. The summed E-state index contributed by atoms with van der Waals surface area (Å²) in [6.07, 6.45) is 11.9. The van der Waals surface area contributed by atoms with Crippen molar-refractivity contribution < 1.29 is 19.0 Å². The number of morpholine rings is 1. The first-order valence-electron chi connectivity index (χ1n) is 17.0. The molecule has 1 aliphatic carbocycles. The highest BCUT2D eigenvalue weighted by atomic mass is 19.1. The summed E-state index contributed by atoms with van der Waals surface area (Å²) in [6.45, 7) is 8.76. The summed E-state index contributed by atoms with van der Waals surface area (Å²) >= 11 is 0. The number of aromatic hydroxyl groups is 1. The van der Waals surface area contributed by atoms with Gasteiger partial charge in [-0.05, 0) is 86.2 Å². The minimum absolute atomic E-state index is 0.0504. The van der Waals surface area contributed by atoms with Gasteiger partial charge in [-0.15, -0.1) is 6.42 Å². The fourth-order valence-corrected chi connectivity index (χ4v) is 8.71. The van der Waals surface area contributed by atoms with Crippen molar-refractivity contribution in [2.45, 2.75) is 70.2 Å². The minimum atomic E-state index is -0.461. The van der Waals surface area contributed by atoms with Crippen LogP contribution in [0.2, 0.25) is 0 Å². The quantitative estimate of drug-likeness (QED) is 0.260. The molecule has 0 radical (unpaired) electrons. The van der Waals surface area contributed by atoms with Gasteiger partial charge >= 0.3 is 6.01 Å². The van der Waals surface area contributed by atoms with E-state index < -0.39 is 5.82 Å². The number of hydrogen-bond donors (Lipinski definition) is 2. The number of halogens is 1. The van der Waals surface area contributed by atoms with Crippen molar-refractivity contribution in [1.82, 2.24) is 20.2 Å². The molecule has 2 N–H and O–H groups in total. The van der Waals surface area contributed by atoms with Crippen LogP contribution in [0.1, 0.15) is 48.8 Å². The van der Waals surface area contributed by atoms with Crippen LogP contribution in [0.3, 0.4) is 0 Å². The van der Waals surface area contributed by atoms with Crippen molar-refractivity contribution >= 4 is 27.5 Å². The number of aromatic nitrogens is 2. The monoisotopic (exact) mass is 633 g/mol. The fourth-order valence-electron chi connectivity index (χ4n) is 8.71. The molecule has 5 heterocycles. The molecule has 8 nitrogen and oxygen atoms in total. The molecule has 4 aromatic rings. The van der Waals surface area contributed by atoms with Crippen LogP contribution in [0.5, 0.6) is 11.8 Å². The topological polar surface area (TPSA) is 83.0 Å². The Bertz CT molecular complexity index is 1970. The highest BCUT2D eigenvalue weighted by Gasteiger charge is 2.49. The number of nitrogens with one attached hydrogen (secondary N) is 1. The largest absolute Gasteiger partial charge is 0.508 e. The molecular formula is C38H40FN5O3. The lowest BCUT2D eigenvalue weighted by molar-refractivity contribution is 0.0176. The van der Waals surface area contributed by atoms with E-state index in [1.165, 1.54) is 0 Å². The Kier molecular flexibility index (Phi) is 6.69. The first-order valence-corrected chi connectivity index (χ1v) is 17.0. The Morgan fingerprint density at radius 1 is 1.11 bits per heavy atom. The Hall–Kier alpha value is -3.97. The summed E-state index contributed by atoms with van der Waals surface area (Å²) in [6, 6.07) is 10.6. The van der Waals surface area contributed by atoms with Crippen LogP contribution in [0, 0.1) is 37.4 Å². The van der Waals surface area contributed by atoms with E-state index in [0.717, 1.165) is 92.6 Å². The molecular weight excluding hydrogens is 593 g/mol. The lowest BCUT2D eigenvalue weighted by Gasteiger charge is -2.34. The molecule has 1 saturated carbocycles. The molecule has 4 bridgehead atoms. The van der Waals surface area contributed by atoms with Crippen LogP contribution < -0.4 is 15.0 Å². The number of nitrogens with zero attached hydrogens (tertiary/aromatic N) is 4. The predicted molar refractivity (Wildman–Crippen MR) is 181 cm³/mol. The third-order valence-corrected chi connectivity index (χ3v) is 11.3. The second-order valence-corrected chi connectivity index (χ2v) is 14.7. The summed E-state index contributed by atoms with van der Waals surface area (Å²) in [4.78, 5) is 14.6. The van der Waals surface area contributed by atoms with Gasteiger partial charge in [0.2, 0.25) is 0 Å². The van der Waals surface area contributed by atoms with Crippen LogP contribution in [0.4, 0.5) is 10.2 Å². The molecule has 5 aliphatic rings. The summed E-state index contributed by atoms with van der Waals surface area (Å²) in [7, 11) is 0. The van der Waals surface area contributed by atoms with Gasteiger partial charge in [0, 0.05) is 71.6 Å². The molecule has 47 heavy (non-hydrogen) atoms. The number of aryl methyl sites for hydroxylation is 2. The number of phenolic OH excluding ortho intramolecular Hbond substituents is 1. The van der Waals surface area contributed by atoms with Gasteiger partial charge in [-0.2, -0.15) is 9.97 Å². The maximum absolute atomic E-state index is 17.2. The Morgan fingerprint density at radius 3 is 2.62 bits per heavy atom. The van der Waals surface area contributed by atoms with E-state index in [4.69, 9.17) is 25.9 Å². The van der Waals surface area contributed by atoms with Crippen molar-refractivity contribution in [2.75, 3.05) is 44.3 Å². The maximum atomic E-state index is 17.2. The number of fused-ring (bicyclic) bond motifs is 6. The van der Waals surface area contributed by atoms with E-state index in [1.807, 2.05) is 32.0 Å². The summed E-state index contributed by atoms with van der Waals surface area (Å²) in [5.41, 5.74) is 3.55. The average molecular weight is 634 g/mol. The zero-order chi connectivity index (χ0) is 32.0. The second-order valence-electron chi connectivity index (χ2n) is 14.7. The summed E-state index contributed by atoms with van der Waals surface area (Å²) < 4.78 is 29.5. The highest BCUT2D eigenvalue weighted by molar-refractivity contribution is 6.05. The zero-order valence-corrected chi connectivity index (χ0v) is 27.0. The van der Waals surface area contributed by atoms with Crippen LogP contribution in [0.25, 0.3) is 32.8 Å². The molecule has 2 unspecified atom stereocenters. The van der Waals surface area contributed by atoms with Gasteiger partial charge in [-0.1, -0.05) is 18.1 Å². The van der Waals surface area contributed by atoms with Crippen LogP contribution in [0.15, 0.2) is 30.3 Å². The van der Waals surface area contributed by atoms with Crippen molar-refractivity contribution in [1.29, 1.82) is 0 Å². The highest BCUT2D eigenvalue weighted by Crippen LogP contribution is 2.48. The molecule has 9 rings (SSSR count). The van der Waals surface area contributed by atoms with Gasteiger partial charge in [-0.25, -0.2) is 4.39 Å². The smallest absolute Gasteiger partial charge is 0.319 e. The number of likely N-dealkylation sites (tertiary alicyclic amines) is 1. The molecule has 1 aromatic heterocycles. The number of terminal acetylenes is 1. The van der Waals surface area contributed by atoms with Gasteiger partial charge in [0.05, 0.1) is 19.3 Å². The third-order valence-electron chi connectivity index (χ3n) is 11.3. The molecule has 0 spiro atoms. The van der Waals surface area contributed by atoms with Crippen molar-refractivity contribution in [3.63, 3.8) is 0 Å². The number of ether oxygens (including phenoxy) is 2. The average Bonchev–Trinajstić information content (AvgIpc) is 3.32. The first-order chi connectivity index (χ1) is 22.8. The number of anilines is 1. The standard InChI is InChI=1S/C38H40FN5O3/c1-4-29-21(2)5-6-23-12-27(45)14-30(33(23)29)32-22(3)11-31-35(34(32)39)41-37(42-36(31)43-15-24-7-8-25(16-43)40-24)47-20-38(9-10-38)19-44-17-28-13-26(44)18-46-28/h1,5-6,11-12,14,24-26,28,40,45H,7-10,13,15-20H2,2-3H3/t24?,25?,26-,28-/m1/s1. The zero-order valence-electron chi connectivity index (χ0n) is 27.0. The maximum Gasteiger partial charge on any atom is 0.319 e. The van der Waals surface area contributed by atoms with Gasteiger partial charge in [0.1, 0.15) is 17.1 Å². The van der Waals surface area contributed by atoms with E-state index >= 15 is 4.39 Å². The van der Waals surface area contributed by atoms with E-state index in [1.54, 1.807) is 12.1 Å². The fraction of sp³-hybridized carbons (Fsp3) is 0.474. The number of hydrogen-bond acceptors (Lipinski definition) is 8. The SMILES string of the molecule is C#Cc1c(C)ccc2cc(O)cc(-c3c(C)cc4c(N5CC6CCC(C5)N6)nc(OCC5(CN6C[C@H]7C[C@@H]6CO7)CC5)nc4c3F)c12. The number of benzene rings is 3. The summed E-state index contributed by atoms with van der Waals surface area (Å²) in [5, 5.41) is 16.6. The second kappa shape index (κ2) is 10.8. The molecule has 242 valence electrons.